The normalized spacial score (nSPS) is 10.9. The molecule has 2 aromatic heterocycles. The van der Waals surface area contributed by atoms with E-state index in [0.717, 1.165) is 22.6 Å². The number of amides is 1. The predicted molar refractivity (Wildman–Crippen MR) is 116 cm³/mol. The summed E-state index contributed by atoms with van der Waals surface area (Å²) in [6.45, 7) is 3.60. The first-order valence-electron chi connectivity index (χ1n) is 9.91. The number of hydrogen-bond donors (Lipinski definition) is 0. The molecule has 152 valence electrons. The van der Waals surface area contributed by atoms with Gasteiger partial charge in [-0.3, -0.25) is 9.78 Å². The number of benzene rings is 2. The zero-order chi connectivity index (χ0) is 20.9. The minimum absolute atomic E-state index is 0.0855. The van der Waals surface area contributed by atoms with Crippen molar-refractivity contribution in [2.24, 2.45) is 0 Å². The van der Waals surface area contributed by atoms with Crippen LogP contribution in [0, 0.1) is 6.92 Å². The zero-order valence-corrected chi connectivity index (χ0v) is 17.2. The van der Waals surface area contributed by atoms with Crippen molar-refractivity contribution in [1.82, 2.24) is 19.4 Å². The van der Waals surface area contributed by atoms with Gasteiger partial charge in [-0.15, -0.1) is 0 Å². The molecule has 0 fully saturated rings. The van der Waals surface area contributed by atoms with Gasteiger partial charge in [0.05, 0.1) is 29.7 Å². The standard InChI is InChI=1S/C24H24N4O2/c1-18-9-11-20(12-10-18)30-15-14-28-22-8-4-3-7-21(22)26-23(28)17-27(2)24(29)19-6-5-13-25-16-19/h3-13,16H,14-15,17H2,1-2H3. The number of para-hydroxylation sites is 2. The monoisotopic (exact) mass is 400 g/mol. The number of carbonyl (C=O) groups excluding carboxylic acids is 1. The van der Waals surface area contributed by atoms with Crippen molar-refractivity contribution in [1.29, 1.82) is 0 Å². The first kappa shape index (κ1) is 19.6. The molecule has 2 heterocycles. The summed E-state index contributed by atoms with van der Waals surface area (Å²) >= 11 is 0. The van der Waals surface area contributed by atoms with Crippen LogP contribution in [0.25, 0.3) is 11.0 Å². The van der Waals surface area contributed by atoms with Gasteiger partial charge in [0.25, 0.3) is 5.91 Å². The number of aromatic nitrogens is 3. The molecule has 30 heavy (non-hydrogen) atoms. The molecule has 2 aromatic carbocycles. The van der Waals surface area contributed by atoms with E-state index in [9.17, 15) is 4.79 Å². The third-order valence-corrected chi connectivity index (χ3v) is 4.97. The molecule has 0 aliphatic rings. The van der Waals surface area contributed by atoms with Crippen LogP contribution in [-0.4, -0.2) is 39.0 Å². The molecule has 4 rings (SSSR count). The van der Waals surface area contributed by atoms with Gasteiger partial charge < -0.3 is 14.2 Å². The van der Waals surface area contributed by atoms with Crippen molar-refractivity contribution in [3.63, 3.8) is 0 Å². The Balaban J connectivity index is 1.52. The van der Waals surface area contributed by atoms with Gasteiger partial charge in [0.2, 0.25) is 0 Å². The molecule has 1 amide bonds. The van der Waals surface area contributed by atoms with Crippen LogP contribution in [0.4, 0.5) is 0 Å². The maximum atomic E-state index is 12.7. The van der Waals surface area contributed by atoms with Gasteiger partial charge in [0.1, 0.15) is 18.2 Å². The summed E-state index contributed by atoms with van der Waals surface area (Å²) in [6, 6.07) is 19.5. The zero-order valence-electron chi connectivity index (χ0n) is 17.2. The van der Waals surface area contributed by atoms with Gasteiger partial charge in [-0.2, -0.15) is 0 Å². The van der Waals surface area contributed by atoms with Crippen LogP contribution in [-0.2, 0) is 13.1 Å². The van der Waals surface area contributed by atoms with Crippen molar-refractivity contribution in [3.05, 3.63) is 90.0 Å². The molecule has 6 heteroatoms. The van der Waals surface area contributed by atoms with E-state index in [4.69, 9.17) is 9.72 Å². The van der Waals surface area contributed by atoms with E-state index in [1.807, 2.05) is 48.5 Å². The molecular weight excluding hydrogens is 376 g/mol. The van der Waals surface area contributed by atoms with Gasteiger partial charge in [-0.1, -0.05) is 29.8 Å². The number of ether oxygens (including phenoxy) is 1. The molecule has 0 atom stereocenters. The molecule has 0 aliphatic carbocycles. The summed E-state index contributed by atoms with van der Waals surface area (Å²) in [5, 5.41) is 0. The molecule has 0 aliphatic heterocycles. The van der Waals surface area contributed by atoms with E-state index in [1.54, 1.807) is 36.5 Å². The van der Waals surface area contributed by atoms with Crippen molar-refractivity contribution >= 4 is 16.9 Å². The summed E-state index contributed by atoms with van der Waals surface area (Å²) in [5.74, 6) is 1.58. The van der Waals surface area contributed by atoms with E-state index >= 15 is 0 Å². The fourth-order valence-electron chi connectivity index (χ4n) is 3.38. The number of fused-ring (bicyclic) bond motifs is 1. The second-order valence-corrected chi connectivity index (χ2v) is 7.23. The Morgan fingerprint density at radius 1 is 1.07 bits per heavy atom. The highest BCUT2D eigenvalue weighted by molar-refractivity contribution is 5.93. The van der Waals surface area contributed by atoms with Crippen LogP contribution in [0.3, 0.4) is 0 Å². The minimum atomic E-state index is -0.0855. The van der Waals surface area contributed by atoms with Gasteiger partial charge in [-0.05, 0) is 43.3 Å². The van der Waals surface area contributed by atoms with E-state index in [1.165, 1.54) is 5.56 Å². The van der Waals surface area contributed by atoms with Crippen LogP contribution in [0.2, 0.25) is 0 Å². The SMILES string of the molecule is Cc1ccc(OCCn2c(CN(C)C(=O)c3cccnc3)nc3ccccc32)cc1. The highest BCUT2D eigenvalue weighted by Gasteiger charge is 2.17. The summed E-state index contributed by atoms with van der Waals surface area (Å²) in [6.07, 6.45) is 3.24. The predicted octanol–water partition coefficient (Wildman–Crippen LogP) is 4.09. The molecular formula is C24H24N4O2. The van der Waals surface area contributed by atoms with E-state index in [0.29, 0.717) is 25.3 Å². The molecule has 0 spiro atoms. The molecule has 0 saturated heterocycles. The number of carbonyl (C=O) groups is 1. The van der Waals surface area contributed by atoms with Crippen LogP contribution >= 0.6 is 0 Å². The lowest BCUT2D eigenvalue weighted by Crippen LogP contribution is -2.28. The second-order valence-electron chi connectivity index (χ2n) is 7.23. The summed E-state index contributed by atoms with van der Waals surface area (Å²) in [5.41, 5.74) is 3.70. The molecule has 0 radical (unpaired) electrons. The van der Waals surface area contributed by atoms with Crippen molar-refractivity contribution in [3.8, 4) is 5.75 Å². The average molecular weight is 400 g/mol. The van der Waals surface area contributed by atoms with Crippen molar-refractivity contribution < 1.29 is 9.53 Å². The Labute approximate surface area is 175 Å². The number of pyridine rings is 1. The number of nitrogens with zero attached hydrogens (tertiary/aromatic N) is 4. The molecule has 0 bridgehead atoms. The lowest BCUT2D eigenvalue weighted by atomic mass is 10.2. The summed E-state index contributed by atoms with van der Waals surface area (Å²) < 4.78 is 8.04. The fourth-order valence-corrected chi connectivity index (χ4v) is 3.38. The summed E-state index contributed by atoms with van der Waals surface area (Å²) in [7, 11) is 1.78. The Morgan fingerprint density at radius 3 is 2.63 bits per heavy atom. The van der Waals surface area contributed by atoms with Gasteiger partial charge >= 0.3 is 0 Å². The smallest absolute Gasteiger partial charge is 0.255 e. The molecule has 4 aromatic rings. The Morgan fingerprint density at radius 2 is 1.87 bits per heavy atom. The van der Waals surface area contributed by atoms with E-state index in [-0.39, 0.29) is 5.91 Å². The largest absolute Gasteiger partial charge is 0.492 e. The maximum absolute atomic E-state index is 12.7. The van der Waals surface area contributed by atoms with Crippen LogP contribution in [0.1, 0.15) is 21.7 Å². The first-order chi connectivity index (χ1) is 14.6. The summed E-state index contributed by atoms with van der Waals surface area (Å²) in [4.78, 5) is 23.2. The van der Waals surface area contributed by atoms with Gasteiger partial charge in [0, 0.05) is 19.4 Å². The molecule has 0 unspecified atom stereocenters. The maximum Gasteiger partial charge on any atom is 0.255 e. The van der Waals surface area contributed by atoms with Crippen LogP contribution in [0.5, 0.6) is 5.75 Å². The van der Waals surface area contributed by atoms with E-state index < -0.39 is 0 Å². The number of rotatable bonds is 7. The fraction of sp³-hybridized carbons (Fsp3) is 0.208. The molecule has 6 nitrogen and oxygen atoms in total. The van der Waals surface area contributed by atoms with Gasteiger partial charge in [0.15, 0.2) is 0 Å². The third-order valence-electron chi connectivity index (χ3n) is 4.97. The highest BCUT2D eigenvalue weighted by Crippen LogP contribution is 2.18. The quantitative estimate of drug-likeness (QED) is 0.469. The lowest BCUT2D eigenvalue weighted by molar-refractivity contribution is 0.0779. The number of hydrogen-bond acceptors (Lipinski definition) is 4. The van der Waals surface area contributed by atoms with Crippen LogP contribution < -0.4 is 4.74 Å². The minimum Gasteiger partial charge on any atom is -0.492 e. The average Bonchev–Trinajstić information content (AvgIpc) is 3.12. The van der Waals surface area contributed by atoms with Crippen molar-refractivity contribution in [2.75, 3.05) is 13.7 Å². The van der Waals surface area contributed by atoms with E-state index in [2.05, 4.69) is 16.5 Å². The van der Waals surface area contributed by atoms with Crippen molar-refractivity contribution in [2.45, 2.75) is 20.0 Å². The Kier molecular flexibility index (Phi) is 5.75. The first-order valence-corrected chi connectivity index (χ1v) is 9.91. The Hall–Kier alpha value is -3.67. The molecule has 0 N–H and O–H groups in total. The van der Waals surface area contributed by atoms with Crippen LogP contribution in [0.15, 0.2) is 73.1 Å². The Bertz CT molecular complexity index is 1140. The topological polar surface area (TPSA) is 60.2 Å². The lowest BCUT2D eigenvalue weighted by Gasteiger charge is -2.18. The number of imidazole rings is 1. The third kappa shape index (κ3) is 4.33. The highest BCUT2D eigenvalue weighted by atomic mass is 16.5. The number of aryl methyl sites for hydroxylation is 1. The molecule has 0 saturated carbocycles. The second kappa shape index (κ2) is 8.78. The van der Waals surface area contributed by atoms with Gasteiger partial charge in [-0.25, -0.2) is 4.98 Å².